The molecule has 0 aromatic rings. The van der Waals surface area contributed by atoms with Gasteiger partial charge >= 0.3 is 12.1 Å². The highest BCUT2D eigenvalue weighted by Gasteiger charge is 2.35. The van der Waals surface area contributed by atoms with Crippen molar-refractivity contribution in [2.75, 3.05) is 6.61 Å². The maximum atomic E-state index is 10.7. The first kappa shape index (κ1) is 18.9. The molecule has 104 valence electrons. The van der Waals surface area contributed by atoms with Crippen LogP contribution in [0.2, 0.25) is 0 Å². The van der Waals surface area contributed by atoms with Crippen molar-refractivity contribution < 1.29 is 27.4 Å². The third-order valence-corrected chi connectivity index (χ3v) is 1.95. The molecule has 5 N–H and O–H groups in total. The van der Waals surface area contributed by atoms with Gasteiger partial charge in [-0.1, -0.05) is 26.2 Å². The van der Waals surface area contributed by atoms with E-state index in [-0.39, 0.29) is 0 Å². The summed E-state index contributed by atoms with van der Waals surface area (Å²) in [6.45, 7) is 2.75. The molecule has 0 heterocycles. The molecular formula is C8H18F3N2O3P. The molecule has 17 heavy (non-hydrogen) atoms. The second-order valence-electron chi connectivity index (χ2n) is 3.06. The zero-order valence-electron chi connectivity index (χ0n) is 9.54. The first-order chi connectivity index (χ1) is 7.71. The van der Waals surface area contributed by atoms with E-state index in [4.69, 9.17) is 19.7 Å². The van der Waals surface area contributed by atoms with Gasteiger partial charge in [0.25, 0.3) is 0 Å². The van der Waals surface area contributed by atoms with Crippen molar-refractivity contribution in [2.45, 2.75) is 38.8 Å². The Bertz CT molecular complexity index is 203. The fraction of sp³-hybridized carbons (Fsp3) is 0.875. The van der Waals surface area contributed by atoms with Crippen LogP contribution in [0.1, 0.15) is 32.6 Å². The highest BCUT2D eigenvalue weighted by molar-refractivity contribution is 7.43. The molecule has 0 fully saturated rings. The van der Waals surface area contributed by atoms with Gasteiger partial charge in [-0.05, 0) is 6.42 Å². The third kappa shape index (κ3) is 18.1. The van der Waals surface area contributed by atoms with Crippen LogP contribution in [0.25, 0.3) is 0 Å². The molecule has 0 aliphatic carbocycles. The summed E-state index contributed by atoms with van der Waals surface area (Å²) >= 11 is 0. The van der Waals surface area contributed by atoms with Gasteiger partial charge in [0, 0.05) is 0 Å². The van der Waals surface area contributed by atoms with Crippen LogP contribution >= 0.6 is 8.53 Å². The monoisotopic (exact) mass is 278 g/mol. The van der Waals surface area contributed by atoms with Crippen molar-refractivity contribution in [3.8, 4) is 0 Å². The lowest BCUT2D eigenvalue weighted by Gasteiger charge is -2.03. The van der Waals surface area contributed by atoms with Gasteiger partial charge in [0.05, 0.1) is 6.61 Å². The van der Waals surface area contributed by atoms with Gasteiger partial charge in [-0.3, -0.25) is 10.3 Å². The van der Waals surface area contributed by atoms with Crippen LogP contribution < -0.4 is 11.2 Å². The molecule has 5 nitrogen and oxygen atoms in total. The largest absolute Gasteiger partial charge is 0.470 e. The minimum Gasteiger partial charge on any atom is -0.362 e. The second kappa shape index (κ2) is 10.7. The first-order valence-corrected chi connectivity index (χ1v) is 6.23. The SMILES string of the molecule is CCCCCCOP(N)O.NC(=O)C(F)(F)F. The quantitative estimate of drug-likeness (QED) is 0.509. The van der Waals surface area contributed by atoms with Crippen molar-refractivity contribution in [3.05, 3.63) is 0 Å². The van der Waals surface area contributed by atoms with Crippen molar-refractivity contribution in [3.63, 3.8) is 0 Å². The van der Waals surface area contributed by atoms with Crippen LogP contribution in [0, 0.1) is 0 Å². The number of hydrogen-bond donors (Lipinski definition) is 3. The Balaban J connectivity index is 0. The fourth-order valence-corrected chi connectivity index (χ4v) is 1.00. The molecule has 9 heteroatoms. The van der Waals surface area contributed by atoms with Gasteiger partial charge < -0.3 is 15.2 Å². The maximum absolute atomic E-state index is 10.7. The van der Waals surface area contributed by atoms with Crippen molar-refractivity contribution in [1.29, 1.82) is 0 Å². The smallest absolute Gasteiger partial charge is 0.362 e. The molecule has 1 amide bonds. The number of carbonyl (C=O) groups excluding carboxylic acids is 1. The van der Waals surface area contributed by atoms with Gasteiger partial charge in [-0.15, -0.1) is 0 Å². The summed E-state index contributed by atoms with van der Waals surface area (Å²) in [5.41, 5.74) is 8.81. The number of rotatable bonds is 6. The van der Waals surface area contributed by atoms with E-state index in [9.17, 15) is 13.2 Å². The van der Waals surface area contributed by atoms with Crippen LogP contribution in [0.4, 0.5) is 13.2 Å². The summed E-state index contributed by atoms with van der Waals surface area (Å²) in [6, 6.07) is 0. The van der Waals surface area contributed by atoms with Gasteiger partial charge in [-0.2, -0.15) is 13.2 Å². The van der Waals surface area contributed by atoms with Crippen LogP contribution in [-0.2, 0) is 9.32 Å². The lowest BCUT2D eigenvalue weighted by Crippen LogP contribution is -2.30. The number of carbonyl (C=O) groups is 1. The molecule has 1 unspecified atom stereocenters. The van der Waals surface area contributed by atoms with Gasteiger partial charge in [0.1, 0.15) is 0 Å². The zero-order chi connectivity index (χ0) is 13.9. The normalized spacial score (nSPS) is 12.6. The average molecular weight is 278 g/mol. The van der Waals surface area contributed by atoms with Gasteiger partial charge in [0.2, 0.25) is 8.53 Å². The Hall–Kier alpha value is -0.430. The standard InChI is InChI=1S/C6H16NO2P.C2H2F3NO/c1-2-3-4-5-6-9-10(7)8;3-2(4,5)1(6)7/h8H,2-7H2,1H3;(H2,6,7). The molecule has 0 saturated heterocycles. The van der Waals surface area contributed by atoms with E-state index in [0.29, 0.717) is 6.61 Å². The molecule has 0 aromatic heterocycles. The Morgan fingerprint density at radius 3 is 2.12 bits per heavy atom. The average Bonchev–Trinajstić information content (AvgIpc) is 2.16. The molecule has 0 radical (unpaired) electrons. The predicted molar refractivity (Wildman–Crippen MR) is 58.7 cm³/mol. The van der Waals surface area contributed by atoms with E-state index in [1.165, 1.54) is 19.3 Å². The van der Waals surface area contributed by atoms with E-state index in [0.717, 1.165) is 6.42 Å². The molecule has 0 rings (SSSR count). The Labute approximate surface area is 99.3 Å². The topological polar surface area (TPSA) is 98.6 Å². The van der Waals surface area contributed by atoms with Gasteiger partial charge in [-0.25, -0.2) is 0 Å². The van der Waals surface area contributed by atoms with Crippen molar-refractivity contribution in [2.24, 2.45) is 11.2 Å². The number of alkyl halides is 3. The lowest BCUT2D eigenvalue weighted by molar-refractivity contribution is -0.169. The van der Waals surface area contributed by atoms with E-state index in [1.54, 1.807) is 0 Å². The van der Waals surface area contributed by atoms with E-state index < -0.39 is 20.6 Å². The summed E-state index contributed by atoms with van der Waals surface area (Å²) in [7, 11) is -1.62. The molecule has 0 aromatic carbocycles. The number of hydrogen-bond acceptors (Lipinski definition) is 4. The Morgan fingerprint density at radius 2 is 1.82 bits per heavy atom. The lowest BCUT2D eigenvalue weighted by atomic mass is 10.2. The molecule has 0 spiro atoms. The highest BCUT2D eigenvalue weighted by atomic mass is 31.2. The molecule has 0 aliphatic heterocycles. The van der Waals surface area contributed by atoms with Crippen molar-refractivity contribution >= 4 is 14.4 Å². The molecular weight excluding hydrogens is 260 g/mol. The first-order valence-electron chi connectivity index (χ1n) is 4.95. The minimum absolute atomic E-state index is 0.596. The molecule has 1 atom stereocenters. The minimum atomic E-state index is -4.86. The summed E-state index contributed by atoms with van der Waals surface area (Å²) < 4.78 is 36.9. The summed E-state index contributed by atoms with van der Waals surface area (Å²) in [5, 5.41) is 0. The number of nitrogens with two attached hydrogens (primary N) is 2. The maximum Gasteiger partial charge on any atom is 0.470 e. The highest BCUT2D eigenvalue weighted by Crippen LogP contribution is 2.19. The number of primary amides is 1. The zero-order valence-corrected chi connectivity index (χ0v) is 10.4. The molecule has 0 aliphatic rings. The number of unbranched alkanes of at least 4 members (excludes halogenated alkanes) is 3. The summed E-state index contributed by atoms with van der Waals surface area (Å²) in [4.78, 5) is 17.6. The van der Waals surface area contributed by atoms with E-state index in [2.05, 4.69) is 12.7 Å². The number of amides is 1. The van der Waals surface area contributed by atoms with Crippen molar-refractivity contribution in [1.82, 2.24) is 0 Å². The van der Waals surface area contributed by atoms with Crippen LogP contribution in [0.15, 0.2) is 0 Å². The van der Waals surface area contributed by atoms with Crippen LogP contribution in [-0.4, -0.2) is 23.6 Å². The molecule has 0 saturated carbocycles. The van der Waals surface area contributed by atoms with E-state index in [1.807, 2.05) is 0 Å². The van der Waals surface area contributed by atoms with Crippen LogP contribution in [0.3, 0.4) is 0 Å². The van der Waals surface area contributed by atoms with Gasteiger partial charge in [0.15, 0.2) is 0 Å². The summed E-state index contributed by atoms with van der Waals surface area (Å²) in [6.07, 6.45) is -0.238. The van der Waals surface area contributed by atoms with E-state index >= 15 is 0 Å². The second-order valence-corrected chi connectivity index (χ2v) is 3.92. The Morgan fingerprint density at radius 1 is 1.35 bits per heavy atom. The van der Waals surface area contributed by atoms with Crippen LogP contribution in [0.5, 0.6) is 0 Å². The third-order valence-electron chi connectivity index (χ3n) is 1.50. The summed E-state index contributed by atoms with van der Waals surface area (Å²) in [5.74, 6) is -2.26. The predicted octanol–water partition coefficient (Wildman–Crippen LogP) is 1.80. The molecule has 0 bridgehead atoms. The number of halogens is 3. The fourth-order valence-electron chi connectivity index (χ4n) is 0.687. The Kier molecular flexibility index (Phi) is 11.9.